The molecule has 0 aliphatic rings. The minimum absolute atomic E-state index is 0.203. The van der Waals surface area contributed by atoms with Crippen LogP contribution < -0.4 is 0 Å². The second-order valence-corrected chi connectivity index (χ2v) is 7.05. The fourth-order valence-electron chi connectivity index (χ4n) is 2.06. The quantitative estimate of drug-likeness (QED) is 0.232. The Morgan fingerprint density at radius 3 is 1.47 bits per heavy atom. The van der Waals surface area contributed by atoms with Crippen molar-refractivity contribution in [2.75, 3.05) is 13.2 Å². The molecule has 0 amide bonds. The lowest BCUT2D eigenvalue weighted by molar-refractivity contribution is -0.343. The maximum Gasteiger partial charge on any atom is 0.431 e. The normalized spacial score (nSPS) is 15.7. The summed E-state index contributed by atoms with van der Waals surface area (Å²) in [6, 6.07) is 0. The molecule has 0 heterocycles. The second kappa shape index (κ2) is 11.9. The maximum atomic E-state index is 13.1. The van der Waals surface area contributed by atoms with Gasteiger partial charge in [-0.15, -0.1) is 0 Å². The minimum atomic E-state index is -6.05. The van der Waals surface area contributed by atoms with E-state index in [9.17, 15) is 57.9 Å². The van der Waals surface area contributed by atoms with Crippen molar-refractivity contribution in [2.24, 2.45) is 5.92 Å². The Kier molecular flexibility index (Phi) is 12.0. The van der Waals surface area contributed by atoms with Gasteiger partial charge in [0.1, 0.15) is 0 Å². The third-order valence-electron chi connectivity index (χ3n) is 3.76. The van der Waals surface area contributed by atoms with E-state index in [2.05, 4.69) is 9.47 Å². The molecular weight excluding hydrogens is 477 g/mol. The standard InChI is InChI=1S/C9H14F4O2.C8H9F7O2/c1-6(5-15-7(2)14)4-8(3,10)9(11,12)13;1-5(16)17-4-2-3-6(9,7(10,11)12)8(13,14)15/h6H,4-5H2,1-3H3;2-4H2,1H3. The van der Waals surface area contributed by atoms with Gasteiger partial charge in [0.2, 0.25) is 5.67 Å². The van der Waals surface area contributed by atoms with E-state index in [-0.39, 0.29) is 6.61 Å². The lowest BCUT2D eigenvalue weighted by Gasteiger charge is -2.29. The van der Waals surface area contributed by atoms with Crippen LogP contribution in [-0.4, -0.2) is 55.0 Å². The summed E-state index contributed by atoms with van der Waals surface area (Å²) in [5.74, 6) is -2.13. The van der Waals surface area contributed by atoms with Gasteiger partial charge in [0, 0.05) is 20.3 Å². The van der Waals surface area contributed by atoms with Gasteiger partial charge in [-0.25, -0.2) is 8.78 Å². The lowest BCUT2D eigenvalue weighted by atomic mass is 9.95. The van der Waals surface area contributed by atoms with Gasteiger partial charge in [-0.1, -0.05) is 6.92 Å². The van der Waals surface area contributed by atoms with Crippen molar-refractivity contribution < 1.29 is 67.4 Å². The van der Waals surface area contributed by atoms with Crippen LogP contribution in [0.3, 0.4) is 0 Å². The Labute approximate surface area is 176 Å². The largest absolute Gasteiger partial charge is 0.466 e. The van der Waals surface area contributed by atoms with Crippen molar-refractivity contribution in [1.82, 2.24) is 0 Å². The third-order valence-corrected chi connectivity index (χ3v) is 3.76. The molecule has 0 saturated carbocycles. The highest BCUT2D eigenvalue weighted by atomic mass is 19.4. The highest BCUT2D eigenvalue weighted by Crippen LogP contribution is 2.48. The Balaban J connectivity index is 0. The van der Waals surface area contributed by atoms with Crippen molar-refractivity contribution in [1.29, 1.82) is 0 Å². The Morgan fingerprint density at radius 2 is 1.16 bits per heavy atom. The number of esters is 2. The van der Waals surface area contributed by atoms with Gasteiger partial charge in [-0.05, 0) is 25.7 Å². The smallest absolute Gasteiger partial charge is 0.431 e. The molecule has 0 rings (SSSR count). The Bertz CT molecular complexity index is 581. The number of carbonyl (C=O) groups is 2. The first-order valence-electron chi connectivity index (χ1n) is 8.82. The molecule has 0 aromatic heterocycles. The van der Waals surface area contributed by atoms with Crippen LogP contribution in [0.15, 0.2) is 0 Å². The molecule has 0 aliphatic carbocycles. The molecule has 0 radical (unpaired) electrons. The molecule has 0 fully saturated rings. The number of hydrogen-bond acceptors (Lipinski definition) is 4. The van der Waals surface area contributed by atoms with Gasteiger partial charge in [0.25, 0.3) is 5.67 Å². The first kappa shape index (κ1) is 32.4. The van der Waals surface area contributed by atoms with Gasteiger partial charge in [0.15, 0.2) is 0 Å². The number of hydrogen-bond donors (Lipinski definition) is 0. The SMILES string of the molecule is CC(=O)OCC(C)CC(C)(F)C(F)(F)F.CC(=O)OCCCC(F)(C(F)(F)F)C(F)(F)F. The zero-order chi connectivity index (χ0) is 26.2. The van der Waals surface area contributed by atoms with Crippen molar-refractivity contribution in [3.05, 3.63) is 0 Å². The summed E-state index contributed by atoms with van der Waals surface area (Å²) >= 11 is 0. The number of rotatable bonds is 8. The van der Waals surface area contributed by atoms with Gasteiger partial charge < -0.3 is 9.47 Å². The molecule has 0 aliphatic heterocycles. The number of carbonyl (C=O) groups excluding carboxylic acids is 2. The molecule has 0 bridgehead atoms. The molecule has 0 aromatic rings. The predicted molar refractivity (Wildman–Crippen MR) is 87.8 cm³/mol. The summed E-state index contributed by atoms with van der Waals surface area (Å²) in [5.41, 5.74) is -8.52. The molecule has 2 atom stereocenters. The van der Waals surface area contributed by atoms with Crippen LogP contribution in [0.4, 0.5) is 48.3 Å². The lowest BCUT2D eigenvalue weighted by Crippen LogP contribution is -2.53. The van der Waals surface area contributed by atoms with E-state index in [1.165, 1.54) is 6.92 Å². The van der Waals surface area contributed by atoms with Gasteiger partial charge >= 0.3 is 30.5 Å². The van der Waals surface area contributed by atoms with Crippen molar-refractivity contribution in [2.45, 2.75) is 76.8 Å². The van der Waals surface area contributed by atoms with E-state index in [4.69, 9.17) is 0 Å². The topological polar surface area (TPSA) is 52.6 Å². The average Bonchev–Trinajstić information content (AvgIpc) is 2.53. The second-order valence-electron chi connectivity index (χ2n) is 7.05. The minimum Gasteiger partial charge on any atom is -0.466 e. The average molecular weight is 500 g/mol. The molecule has 0 aromatic carbocycles. The number of ether oxygens (including phenoxy) is 2. The van der Waals surface area contributed by atoms with Crippen molar-refractivity contribution >= 4 is 11.9 Å². The molecule has 0 spiro atoms. The Hall–Kier alpha value is -1.83. The molecule has 32 heavy (non-hydrogen) atoms. The monoisotopic (exact) mass is 500 g/mol. The van der Waals surface area contributed by atoms with Gasteiger partial charge in [-0.2, -0.15) is 39.5 Å². The highest BCUT2D eigenvalue weighted by molar-refractivity contribution is 5.66. The van der Waals surface area contributed by atoms with Crippen LogP contribution in [0, 0.1) is 5.92 Å². The van der Waals surface area contributed by atoms with Crippen LogP contribution in [0.5, 0.6) is 0 Å². The van der Waals surface area contributed by atoms with Crippen LogP contribution in [0.2, 0.25) is 0 Å². The number of halogens is 11. The zero-order valence-corrected chi connectivity index (χ0v) is 17.4. The van der Waals surface area contributed by atoms with E-state index < -0.39 is 73.6 Å². The van der Waals surface area contributed by atoms with E-state index in [1.807, 2.05) is 0 Å². The first-order chi connectivity index (χ1) is 14.0. The van der Waals surface area contributed by atoms with E-state index in [0.717, 1.165) is 13.8 Å². The molecule has 4 nitrogen and oxygen atoms in total. The predicted octanol–water partition coefficient (Wildman–Crippen LogP) is 6.03. The van der Waals surface area contributed by atoms with Crippen LogP contribution in [-0.2, 0) is 19.1 Å². The Morgan fingerprint density at radius 1 is 0.750 bits per heavy atom. The van der Waals surface area contributed by atoms with Crippen molar-refractivity contribution in [3.8, 4) is 0 Å². The molecular formula is C17H23F11O4. The molecule has 0 saturated heterocycles. The highest BCUT2D eigenvalue weighted by Gasteiger charge is 2.71. The van der Waals surface area contributed by atoms with Crippen LogP contribution in [0.25, 0.3) is 0 Å². The van der Waals surface area contributed by atoms with Gasteiger partial charge in [-0.3, -0.25) is 9.59 Å². The summed E-state index contributed by atoms with van der Waals surface area (Å²) in [6.45, 7) is 3.04. The summed E-state index contributed by atoms with van der Waals surface area (Å²) in [7, 11) is 0. The summed E-state index contributed by atoms with van der Waals surface area (Å²) in [6.07, 6.45) is -20.4. The summed E-state index contributed by atoms with van der Waals surface area (Å²) in [5, 5.41) is 0. The summed E-state index contributed by atoms with van der Waals surface area (Å²) in [4.78, 5) is 20.6. The zero-order valence-electron chi connectivity index (χ0n) is 17.4. The first-order valence-corrected chi connectivity index (χ1v) is 8.82. The maximum absolute atomic E-state index is 13.1. The fourth-order valence-corrected chi connectivity index (χ4v) is 2.06. The molecule has 192 valence electrons. The van der Waals surface area contributed by atoms with Crippen LogP contribution in [0.1, 0.15) is 47.0 Å². The third kappa shape index (κ3) is 11.2. The summed E-state index contributed by atoms with van der Waals surface area (Å²) < 4.78 is 143. The molecule has 2 unspecified atom stereocenters. The van der Waals surface area contributed by atoms with E-state index >= 15 is 0 Å². The fraction of sp³-hybridized carbons (Fsp3) is 0.882. The molecule has 15 heteroatoms. The van der Waals surface area contributed by atoms with Crippen LogP contribution >= 0.6 is 0 Å². The van der Waals surface area contributed by atoms with E-state index in [0.29, 0.717) is 6.92 Å². The van der Waals surface area contributed by atoms with E-state index in [1.54, 1.807) is 0 Å². The number of alkyl halides is 11. The van der Waals surface area contributed by atoms with Gasteiger partial charge in [0.05, 0.1) is 13.2 Å². The van der Waals surface area contributed by atoms with Crippen molar-refractivity contribution in [3.63, 3.8) is 0 Å². The molecule has 0 N–H and O–H groups in total.